The van der Waals surface area contributed by atoms with E-state index >= 15 is 0 Å². The molecule has 0 saturated carbocycles. The molecular weight excluding hydrogens is 202 g/mol. The van der Waals surface area contributed by atoms with Gasteiger partial charge in [-0.3, -0.25) is 0 Å². The molecule has 0 spiro atoms. The summed E-state index contributed by atoms with van der Waals surface area (Å²) in [6, 6.07) is 7.83. The first-order valence-electron chi connectivity index (χ1n) is 5.51. The molecule has 16 heavy (non-hydrogen) atoms. The maximum atomic E-state index is 9.47. The molecule has 0 fully saturated rings. The Balaban J connectivity index is 2.71. The number of hydrogen-bond donors (Lipinski definition) is 2. The molecule has 1 aromatic carbocycles. The Morgan fingerprint density at radius 1 is 1.25 bits per heavy atom. The van der Waals surface area contributed by atoms with Crippen molar-refractivity contribution in [1.29, 1.82) is 0 Å². The highest BCUT2D eigenvalue weighted by atomic mass is 16.5. The van der Waals surface area contributed by atoms with Crippen LogP contribution in [0.15, 0.2) is 24.3 Å². The summed E-state index contributed by atoms with van der Waals surface area (Å²) >= 11 is 0. The lowest BCUT2D eigenvalue weighted by molar-refractivity contribution is -0.0231. The van der Waals surface area contributed by atoms with Crippen molar-refractivity contribution in [3.63, 3.8) is 0 Å². The third-order valence-electron chi connectivity index (χ3n) is 3.14. The Kier molecular flexibility index (Phi) is 3.94. The molecule has 1 aromatic rings. The molecule has 2 unspecified atom stereocenters. The van der Waals surface area contributed by atoms with Crippen molar-refractivity contribution in [2.24, 2.45) is 11.1 Å². The van der Waals surface area contributed by atoms with Gasteiger partial charge >= 0.3 is 0 Å². The monoisotopic (exact) mass is 223 g/mol. The zero-order chi connectivity index (χ0) is 12.3. The molecule has 1 rings (SSSR count). The van der Waals surface area contributed by atoms with Gasteiger partial charge in [-0.1, -0.05) is 31.5 Å². The fourth-order valence-corrected chi connectivity index (χ4v) is 1.21. The van der Waals surface area contributed by atoms with E-state index in [0.29, 0.717) is 0 Å². The van der Waals surface area contributed by atoms with Gasteiger partial charge in [0.1, 0.15) is 18.1 Å². The van der Waals surface area contributed by atoms with Gasteiger partial charge in [-0.05, 0) is 26.0 Å². The predicted octanol–water partition coefficient (Wildman–Crippen LogP) is 2.07. The van der Waals surface area contributed by atoms with E-state index in [2.05, 4.69) is 0 Å². The fourth-order valence-electron chi connectivity index (χ4n) is 1.21. The van der Waals surface area contributed by atoms with Crippen LogP contribution in [0.5, 0.6) is 5.75 Å². The molecular formula is C13H21NO2. The average molecular weight is 223 g/mol. The lowest BCUT2D eigenvalue weighted by Crippen LogP contribution is -2.46. The van der Waals surface area contributed by atoms with E-state index in [1.807, 2.05) is 52.0 Å². The molecule has 0 aromatic heterocycles. The summed E-state index contributed by atoms with van der Waals surface area (Å²) in [4.78, 5) is 0. The molecule has 0 amide bonds. The highest BCUT2D eigenvalue weighted by Crippen LogP contribution is 2.27. The van der Waals surface area contributed by atoms with Crippen molar-refractivity contribution in [1.82, 2.24) is 0 Å². The minimum Gasteiger partial charge on any atom is -0.490 e. The largest absolute Gasteiger partial charge is 0.490 e. The first kappa shape index (κ1) is 13.0. The fraction of sp³-hybridized carbons (Fsp3) is 0.538. The van der Waals surface area contributed by atoms with E-state index in [9.17, 15) is 5.11 Å². The molecule has 3 N–H and O–H groups in total. The van der Waals surface area contributed by atoms with Crippen molar-refractivity contribution >= 4 is 0 Å². The topological polar surface area (TPSA) is 55.5 Å². The Morgan fingerprint density at radius 3 is 2.19 bits per heavy atom. The molecule has 90 valence electrons. The van der Waals surface area contributed by atoms with Gasteiger partial charge in [0.25, 0.3) is 0 Å². The van der Waals surface area contributed by atoms with E-state index in [0.717, 1.165) is 5.75 Å². The summed E-state index contributed by atoms with van der Waals surface area (Å²) in [6.07, 6.45) is -1.05. The van der Waals surface area contributed by atoms with Crippen LogP contribution in [0.4, 0.5) is 0 Å². The number of aliphatic hydroxyl groups is 1. The number of nitrogens with two attached hydrogens (primary N) is 1. The number of benzene rings is 1. The normalized spacial score (nSPS) is 15.6. The molecule has 0 bridgehead atoms. The van der Waals surface area contributed by atoms with E-state index in [1.165, 1.54) is 5.56 Å². The maximum absolute atomic E-state index is 9.47. The maximum Gasteiger partial charge on any atom is 0.119 e. The molecule has 3 heteroatoms. The van der Waals surface area contributed by atoms with Gasteiger partial charge in [-0.25, -0.2) is 0 Å². The van der Waals surface area contributed by atoms with Gasteiger partial charge in [-0.15, -0.1) is 0 Å². The predicted molar refractivity (Wildman–Crippen MR) is 65.2 cm³/mol. The summed E-state index contributed by atoms with van der Waals surface area (Å²) in [5.74, 6) is 0.798. The van der Waals surface area contributed by atoms with Gasteiger partial charge in [0.05, 0.1) is 0 Å². The van der Waals surface area contributed by atoms with E-state index < -0.39 is 11.6 Å². The van der Waals surface area contributed by atoms with Gasteiger partial charge in [0.15, 0.2) is 0 Å². The smallest absolute Gasteiger partial charge is 0.119 e. The molecule has 0 aliphatic rings. The number of aliphatic hydroxyl groups excluding tert-OH is 1. The molecule has 0 heterocycles. The third-order valence-corrected chi connectivity index (χ3v) is 3.14. The summed E-state index contributed by atoms with van der Waals surface area (Å²) < 4.78 is 5.76. The van der Waals surface area contributed by atoms with Gasteiger partial charge in [0, 0.05) is 5.41 Å². The summed E-state index contributed by atoms with van der Waals surface area (Å²) in [6.45, 7) is 7.71. The van der Waals surface area contributed by atoms with Crippen LogP contribution < -0.4 is 10.5 Å². The lowest BCUT2D eigenvalue weighted by atomic mass is 9.85. The minimum atomic E-state index is -0.895. The first-order valence-corrected chi connectivity index (χ1v) is 5.51. The third kappa shape index (κ3) is 2.97. The number of rotatable bonds is 4. The standard InChI is InChI=1S/C13H21NO2/c1-9-5-7-11(8-6-9)16-10(2)13(3,4)12(14)15/h5-8,10,12,15H,14H2,1-4H3. The average Bonchev–Trinajstić information content (AvgIpc) is 2.21. The molecule has 0 aliphatic heterocycles. The van der Waals surface area contributed by atoms with E-state index in [-0.39, 0.29) is 6.10 Å². The highest BCUT2D eigenvalue weighted by molar-refractivity contribution is 5.26. The Bertz CT molecular complexity index is 330. The highest BCUT2D eigenvalue weighted by Gasteiger charge is 2.33. The quantitative estimate of drug-likeness (QED) is 0.768. The molecule has 0 aliphatic carbocycles. The Hall–Kier alpha value is -1.06. The van der Waals surface area contributed by atoms with Crippen LogP contribution in [0, 0.1) is 12.3 Å². The zero-order valence-electron chi connectivity index (χ0n) is 10.4. The van der Waals surface area contributed by atoms with Crippen molar-refractivity contribution in [2.75, 3.05) is 0 Å². The van der Waals surface area contributed by atoms with Crippen LogP contribution in [0.1, 0.15) is 26.3 Å². The van der Waals surface area contributed by atoms with E-state index in [1.54, 1.807) is 0 Å². The summed E-state index contributed by atoms with van der Waals surface area (Å²) in [5, 5.41) is 9.47. The SMILES string of the molecule is Cc1ccc(OC(C)C(C)(C)C(N)O)cc1. The van der Waals surface area contributed by atoms with Crippen molar-refractivity contribution < 1.29 is 9.84 Å². The number of aryl methyl sites for hydroxylation is 1. The summed E-state index contributed by atoms with van der Waals surface area (Å²) in [7, 11) is 0. The Morgan fingerprint density at radius 2 is 1.75 bits per heavy atom. The van der Waals surface area contributed by atoms with Crippen LogP contribution in [0.25, 0.3) is 0 Å². The van der Waals surface area contributed by atoms with Crippen molar-refractivity contribution in [2.45, 2.75) is 40.0 Å². The zero-order valence-corrected chi connectivity index (χ0v) is 10.4. The van der Waals surface area contributed by atoms with Crippen LogP contribution in [-0.4, -0.2) is 17.4 Å². The second-order valence-corrected chi connectivity index (χ2v) is 4.84. The number of ether oxygens (including phenoxy) is 1. The lowest BCUT2D eigenvalue weighted by Gasteiger charge is -2.34. The van der Waals surface area contributed by atoms with Crippen LogP contribution in [-0.2, 0) is 0 Å². The van der Waals surface area contributed by atoms with E-state index in [4.69, 9.17) is 10.5 Å². The first-order chi connectivity index (χ1) is 7.34. The molecule has 2 atom stereocenters. The Labute approximate surface area is 97.2 Å². The van der Waals surface area contributed by atoms with Crippen molar-refractivity contribution in [3.05, 3.63) is 29.8 Å². The van der Waals surface area contributed by atoms with Gasteiger partial charge in [-0.2, -0.15) is 0 Å². The van der Waals surface area contributed by atoms with Crippen LogP contribution >= 0.6 is 0 Å². The van der Waals surface area contributed by atoms with Crippen LogP contribution in [0.3, 0.4) is 0 Å². The van der Waals surface area contributed by atoms with Crippen LogP contribution in [0.2, 0.25) is 0 Å². The van der Waals surface area contributed by atoms with Gasteiger partial charge < -0.3 is 15.6 Å². The second kappa shape index (κ2) is 4.85. The van der Waals surface area contributed by atoms with Crippen molar-refractivity contribution in [3.8, 4) is 5.75 Å². The molecule has 3 nitrogen and oxygen atoms in total. The molecule has 0 radical (unpaired) electrons. The summed E-state index contributed by atoms with van der Waals surface area (Å²) in [5.41, 5.74) is 6.24. The molecule has 0 saturated heterocycles. The minimum absolute atomic E-state index is 0.157. The second-order valence-electron chi connectivity index (χ2n) is 4.84. The van der Waals surface area contributed by atoms with Gasteiger partial charge in [0.2, 0.25) is 0 Å². The number of hydrogen-bond acceptors (Lipinski definition) is 3.